The van der Waals surface area contributed by atoms with Crippen LogP contribution in [0.25, 0.3) is 0 Å². The molecule has 0 radical (unpaired) electrons. The second-order valence-electron chi connectivity index (χ2n) is 7.82. The molecule has 7 nitrogen and oxygen atoms in total. The molecular formula is C21H43N3O4S. The number of nitrogens with one attached hydrogen (secondary N) is 3. The summed E-state index contributed by atoms with van der Waals surface area (Å²) in [5, 5.41) is 5.00. The zero-order valence-corrected chi connectivity index (χ0v) is 20.0. The van der Waals surface area contributed by atoms with Gasteiger partial charge < -0.3 is 20.1 Å². The Kier molecular flexibility index (Phi) is 22.1. The van der Waals surface area contributed by atoms with Crippen molar-refractivity contribution in [2.45, 2.75) is 78.7 Å². The van der Waals surface area contributed by atoms with Crippen LogP contribution < -0.4 is 15.4 Å². The van der Waals surface area contributed by atoms with Gasteiger partial charge in [-0.2, -0.15) is 0 Å². The molecule has 1 unspecified atom stereocenters. The Balaban J connectivity index is 0. The highest BCUT2D eigenvalue weighted by Gasteiger charge is 2.16. The van der Waals surface area contributed by atoms with E-state index in [1.54, 1.807) is 13.3 Å². The van der Waals surface area contributed by atoms with E-state index in [1.807, 2.05) is 6.92 Å². The molecule has 0 aromatic rings. The van der Waals surface area contributed by atoms with Crippen LogP contribution in [0.1, 0.15) is 72.6 Å². The lowest BCUT2D eigenvalue weighted by atomic mass is 9.90. The summed E-state index contributed by atoms with van der Waals surface area (Å²) in [6.07, 6.45) is 9.49. The van der Waals surface area contributed by atoms with E-state index in [9.17, 15) is 9.59 Å². The van der Waals surface area contributed by atoms with Gasteiger partial charge in [0.05, 0.1) is 12.5 Å². The van der Waals surface area contributed by atoms with Gasteiger partial charge >= 0.3 is 0 Å². The van der Waals surface area contributed by atoms with E-state index in [0.717, 1.165) is 12.5 Å². The third-order valence-electron chi connectivity index (χ3n) is 3.82. The van der Waals surface area contributed by atoms with Crippen LogP contribution in [-0.2, 0) is 19.1 Å². The van der Waals surface area contributed by atoms with Crippen molar-refractivity contribution < 1.29 is 19.1 Å². The van der Waals surface area contributed by atoms with Crippen LogP contribution in [-0.4, -0.2) is 50.8 Å². The molecule has 1 saturated carbocycles. The Labute approximate surface area is 182 Å². The molecule has 0 saturated heterocycles. The third-order valence-corrected chi connectivity index (χ3v) is 4.25. The van der Waals surface area contributed by atoms with Crippen LogP contribution in [0.5, 0.6) is 0 Å². The maximum Gasteiger partial charge on any atom is 0.231 e. The van der Waals surface area contributed by atoms with Crippen molar-refractivity contribution in [2.75, 3.05) is 26.5 Å². The zero-order valence-electron chi connectivity index (χ0n) is 19.2. The Morgan fingerprint density at radius 3 is 2.14 bits per heavy atom. The number of carbonyl (C=O) groups excluding carboxylic acids is 3. The average Bonchev–Trinajstić information content (AvgIpc) is 2.67. The fourth-order valence-corrected chi connectivity index (χ4v) is 2.86. The molecule has 29 heavy (non-hydrogen) atoms. The minimum Gasteiger partial charge on any atom is -0.378 e. The van der Waals surface area contributed by atoms with Crippen molar-refractivity contribution in [3.05, 3.63) is 0 Å². The summed E-state index contributed by atoms with van der Waals surface area (Å²) in [6.45, 7) is 9.58. The van der Waals surface area contributed by atoms with E-state index in [4.69, 9.17) is 9.53 Å². The van der Waals surface area contributed by atoms with Gasteiger partial charge in [-0.15, -0.1) is 0 Å². The van der Waals surface area contributed by atoms with Crippen molar-refractivity contribution in [3.63, 3.8) is 0 Å². The maximum absolute atomic E-state index is 11.7. The zero-order chi connectivity index (χ0) is 22.5. The van der Waals surface area contributed by atoms with E-state index in [0.29, 0.717) is 31.7 Å². The van der Waals surface area contributed by atoms with E-state index < -0.39 is 0 Å². The lowest BCUT2D eigenvalue weighted by Gasteiger charge is -2.23. The second-order valence-corrected chi connectivity index (χ2v) is 8.43. The van der Waals surface area contributed by atoms with Crippen LogP contribution in [0, 0.1) is 11.8 Å². The lowest BCUT2D eigenvalue weighted by molar-refractivity contribution is -0.124. The summed E-state index contributed by atoms with van der Waals surface area (Å²) < 4.78 is 8.39. The molecule has 0 aliphatic heterocycles. The molecule has 1 aliphatic rings. The van der Waals surface area contributed by atoms with Crippen molar-refractivity contribution in [1.82, 2.24) is 15.4 Å². The number of hydrogen-bond acceptors (Lipinski definition) is 5. The summed E-state index contributed by atoms with van der Waals surface area (Å²) in [5.41, 5.74) is 0. The van der Waals surface area contributed by atoms with Gasteiger partial charge in [0.2, 0.25) is 18.2 Å². The summed E-state index contributed by atoms with van der Waals surface area (Å²) in [5.74, 6) is 1.38. The highest BCUT2D eigenvalue weighted by Crippen LogP contribution is 2.24. The van der Waals surface area contributed by atoms with Crippen molar-refractivity contribution in [1.29, 1.82) is 0 Å². The SMILES string of the molecule is CC(C)C.CNC=O.CSNC(=O)CCNC(=O)CC(C)OCC1CCCCC1. The first-order chi connectivity index (χ1) is 13.8. The number of hydrogen-bond donors (Lipinski definition) is 3. The molecule has 8 heteroatoms. The highest BCUT2D eigenvalue weighted by molar-refractivity contribution is 7.97. The van der Waals surface area contributed by atoms with E-state index in [1.165, 1.54) is 44.1 Å². The van der Waals surface area contributed by atoms with Crippen molar-refractivity contribution in [2.24, 2.45) is 11.8 Å². The van der Waals surface area contributed by atoms with Crippen LogP contribution >= 0.6 is 11.9 Å². The molecule has 1 aliphatic carbocycles. The molecular weight excluding hydrogens is 390 g/mol. The normalized spacial score (nSPS) is 14.4. The Morgan fingerprint density at radius 1 is 1.10 bits per heavy atom. The minimum atomic E-state index is -0.0654. The van der Waals surface area contributed by atoms with Gasteiger partial charge in [0, 0.05) is 32.9 Å². The topological polar surface area (TPSA) is 96.5 Å². The molecule has 1 fully saturated rings. The van der Waals surface area contributed by atoms with Gasteiger partial charge in [-0.1, -0.05) is 52.0 Å². The average molecular weight is 434 g/mol. The van der Waals surface area contributed by atoms with E-state index >= 15 is 0 Å². The number of ether oxygens (including phenoxy) is 1. The maximum atomic E-state index is 11.7. The van der Waals surface area contributed by atoms with Crippen LogP contribution in [0.15, 0.2) is 0 Å². The Hall–Kier alpha value is -1.28. The van der Waals surface area contributed by atoms with Gasteiger partial charge in [0.25, 0.3) is 0 Å². The summed E-state index contributed by atoms with van der Waals surface area (Å²) in [6, 6.07) is 0. The van der Waals surface area contributed by atoms with Crippen LogP contribution in [0.3, 0.4) is 0 Å². The minimum absolute atomic E-state index is 0.0527. The molecule has 0 aromatic carbocycles. The van der Waals surface area contributed by atoms with E-state index in [2.05, 4.69) is 36.1 Å². The van der Waals surface area contributed by atoms with Crippen molar-refractivity contribution in [3.8, 4) is 0 Å². The molecule has 0 heterocycles. The molecule has 1 rings (SSSR count). The van der Waals surface area contributed by atoms with Gasteiger partial charge in [-0.25, -0.2) is 0 Å². The molecule has 0 aromatic heterocycles. The van der Waals surface area contributed by atoms with Gasteiger partial charge in [-0.05, 0) is 31.6 Å². The smallest absolute Gasteiger partial charge is 0.231 e. The van der Waals surface area contributed by atoms with Crippen molar-refractivity contribution >= 4 is 30.2 Å². The molecule has 3 amide bonds. The molecule has 1 atom stereocenters. The van der Waals surface area contributed by atoms with Crippen LogP contribution in [0.4, 0.5) is 0 Å². The molecule has 0 spiro atoms. The first-order valence-corrected chi connectivity index (χ1v) is 11.8. The fraction of sp³-hybridized carbons (Fsp3) is 0.857. The van der Waals surface area contributed by atoms with E-state index in [-0.39, 0.29) is 17.9 Å². The molecule has 172 valence electrons. The predicted octanol–water partition coefficient (Wildman–Crippen LogP) is 3.29. The Morgan fingerprint density at radius 2 is 1.66 bits per heavy atom. The highest BCUT2D eigenvalue weighted by atomic mass is 32.2. The number of carbonyl (C=O) groups is 3. The standard InChI is InChI=1S/C15H28N2O3S.C4H10.C2H5NO/c1-12(20-11-13-6-4-3-5-7-13)10-15(19)16-9-8-14(18)17-21-2;1-4(2)3;1-3-2-4/h12-13H,3-11H2,1-2H3,(H,16,19)(H,17,18);4H,1-3H3;2H,1H3,(H,3,4). The van der Waals surface area contributed by atoms with Gasteiger partial charge in [-0.3, -0.25) is 14.4 Å². The fourth-order valence-electron chi connectivity index (χ4n) is 2.53. The monoisotopic (exact) mass is 433 g/mol. The first kappa shape index (κ1) is 29.9. The molecule has 3 N–H and O–H groups in total. The summed E-state index contributed by atoms with van der Waals surface area (Å²) in [4.78, 5) is 32.0. The lowest BCUT2D eigenvalue weighted by Crippen LogP contribution is -2.31. The Bertz CT molecular complexity index is 414. The largest absolute Gasteiger partial charge is 0.378 e. The first-order valence-electron chi connectivity index (χ1n) is 10.6. The third kappa shape index (κ3) is 24.7. The summed E-state index contributed by atoms with van der Waals surface area (Å²) in [7, 11) is 1.56. The number of rotatable bonds is 10. The quantitative estimate of drug-likeness (QED) is 0.363. The predicted molar refractivity (Wildman–Crippen MR) is 122 cm³/mol. The second kappa shape index (κ2) is 21.4. The number of amides is 3. The van der Waals surface area contributed by atoms with Crippen LogP contribution in [0.2, 0.25) is 0 Å². The van der Waals surface area contributed by atoms with Gasteiger partial charge in [0.1, 0.15) is 0 Å². The molecule has 0 bridgehead atoms. The summed E-state index contributed by atoms with van der Waals surface area (Å²) >= 11 is 1.27. The van der Waals surface area contributed by atoms with Gasteiger partial charge in [0.15, 0.2) is 0 Å².